The third-order valence-electron chi connectivity index (χ3n) is 3.85. The maximum absolute atomic E-state index is 13.0. The first-order valence-electron chi connectivity index (χ1n) is 8.28. The topological polar surface area (TPSA) is 81.1 Å². The van der Waals surface area contributed by atoms with Gasteiger partial charge >= 0.3 is 0 Å². The number of sulfonamides is 1. The van der Waals surface area contributed by atoms with E-state index in [9.17, 15) is 17.6 Å². The van der Waals surface area contributed by atoms with Gasteiger partial charge < -0.3 is 0 Å². The summed E-state index contributed by atoms with van der Waals surface area (Å²) in [5.41, 5.74) is 1.50. The van der Waals surface area contributed by atoms with Gasteiger partial charge in [0.15, 0.2) is 0 Å². The van der Waals surface area contributed by atoms with Crippen molar-refractivity contribution in [2.75, 3.05) is 6.54 Å². The standard InChI is InChI=1S/C19H18FN3O3S/c20-17-8-6-16(7-9-17)18-10-11-19(24)23(22-18)13-12-21-27(25,26)14-15-4-2-1-3-5-15/h1-11,21H,12-14H2. The first-order chi connectivity index (χ1) is 12.9. The predicted octanol–water partition coefficient (Wildman–Crippen LogP) is 2.17. The fraction of sp³-hybridized carbons (Fsp3) is 0.158. The zero-order chi connectivity index (χ0) is 19.3. The summed E-state index contributed by atoms with van der Waals surface area (Å²) in [7, 11) is -3.52. The van der Waals surface area contributed by atoms with Crippen LogP contribution < -0.4 is 10.3 Å². The van der Waals surface area contributed by atoms with Gasteiger partial charge in [-0.2, -0.15) is 5.10 Å². The molecule has 3 aromatic rings. The van der Waals surface area contributed by atoms with Gasteiger partial charge in [-0.15, -0.1) is 0 Å². The van der Waals surface area contributed by atoms with Gasteiger partial charge in [-0.05, 0) is 35.9 Å². The first-order valence-corrected chi connectivity index (χ1v) is 9.93. The van der Waals surface area contributed by atoms with E-state index < -0.39 is 10.0 Å². The first kappa shape index (κ1) is 18.9. The lowest BCUT2D eigenvalue weighted by molar-refractivity contribution is 0.548. The molecule has 0 atom stereocenters. The Bertz CT molecular complexity index is 1070. The van der Waals surface area contributed by atoms with Crippen LogP contribution in [0.25, 0.3) is 11.3 Å². The summed E-state index contributed by atoms with van der Waals surface area (Å²) in [5, 5.41) is 4.22. The van der Waals surface area contributed by atoms with Gasteiger partial charge in [0.25, 0.3) is 5.56 Å². The number of halogens is 1. The maximum Gasteiger partial charge on any atom is 0.266 e. The van der Waals surface area contributed by atoms with Crippen LogP contribution in [0.1, 0.15) is 5.56 Å². The molecule has 0 bridgehead atoms. The minimum absolute atomic E-state index is 0.0367. The van der Waals surface area contributed by atoms with Gasteiger partial charge in [0.05, 0.1) is 18.0 Å². The molecule has 0 aliphatic heterocycles. The summed E-state index contributed by atoms with van der Waals surface area (Å²) < 4.78 is 41.0. The molecular formula is C19H18FN3O3S. The molecule has 6 nitrogen and oxygen atoms in total. The smallest absolute Gasteiger partial charge is 0.266 e. The van der Waals surface area contributed by atoms with Crippen molar-refractivity contribution in [2.24, 2.45) is 0 Å². The van der Waals surface area contributed by atoms with Crippen LogP contribution in [0.5, 0.6) is 0 Å². The van der Waals surface area contributed by atoms with E-state index in [1.54, 1.807) is 42.5 Å². The van der Waals surface area contributed by atoms with Crippen LogP contribution in [-0.2, 0) is 22.3 Å². The lowest BCUT2D eigenvalue weighted by atomic mass is 10.1. The van der Waals surface area contributed by atoms with Gasteiger partial charge in [0, 0.05) is 18.2 Å². The second kappa shape index (κ2) is 8.24. The Balaban J connectivity index is 1.66. The molecule has 0 aliphatic carbocycles. The van der Waals surface area contributed by atoms with E-state index in [-0.39, 0.29) is 30.2 Å². The molecule has 2 aromatic carbocycles. The summed E-state index contributed by atoms with van der Waals surface area (Å²) in [6.07, 6.45) is 0. The predicted molar refractivity (Wildman–Crippen MR) is 101 cm³/mol. The van der Waals surface area contributed by atoms with Crippen molar-refractivity contribution in [3.63, 3.8) is 0 Å². The van der Waals surface area contributed by atoms with E-state index in [0.29, 0.717) is 16.8 Å². The molecule has 1 heterocycles. The fourth-order valence-corrected chi connectivity index (χ4v) is 3.67. The Morgan fingerprint density at radius 2 is 1.67 bits per heavy atom. The number of hydrogen-bond acceptors (Lipinski definition) is 4. The Labute approximate surface area is 156 Å². The Morgan fingerprint density at radius 1 is 0.963 bits per heavy atom. The summed E-state index contributed by atoms with van der Waals surface area (Å²) in [6, 6.07) is 17.5. The average molecular weight is 387 g/mol. The third kappa shape index (κ3) is 5.32. The van der Waals surface area contributed by atoms with E-state index in [4.69, 9.17) is 0 Å². The van der Waals surface area contributed by atoms with Crippen LogP contribution in [0.15, 0.2) is 71.5 Å². The van der Waals surface area contributed by atoms with Gasteiger partial charge in [-0.1, -0.05) is 30.3 Å². The molecule has 0 spiro atoms. The summed E-state index contributed by atoms with van der Waals surface area (Å²) in [5.74, 6) is -0.494. The Kier molecular flexibility index (Phi) is 5.78. The highest BCUT2D eigenvalue weighted by molar-refractivity contribution is 7.88. The number of aromatic nitrogens is 2. The van der Waals surface area contributed by atoms with Crippen molar-refractivity contribution in [2.45, 2.75) is 12.3 Å². The van der Waals surface area contributed by atoms with Crippen molar-refractivity contribution in [3.05, 3.63) is 88.5 Å². The monoisotopic (exact) mass is 387 g/mol. The van der Waals surface area contributed by atoms with Crippen molar-refractivity contribution in [1.82, 2.24) is 14.5 Å². The van der Waals surface area contributed by atoms with Crippen molar-refractivity contribution in [3.8, 4) is 11.3 Å². The van der Waals surface area contributed by atoms with Gasteiger partial charge in [0.2, 0.25) is 10.0 Å². The second-order valence-corrected chi connectivity index (χ2v) is 7.73. The lowest BCUT2D eigenvalue weighted by Gasteiger charge is -2.09. The molecule has 0 unspecified atom stereocenters. The largest absolute Gasteiger partial charge is 0.268 e. The van der Waals surface area contributed by atoms with E-state index in [1.165, 1.54) is 22.9 Å². The molecule has 1 aromatic heterocycles. The van der Waals surface area contributed by atoms with Crippen LogP contribution in [0.3, 0.4) is 0 Å². The molecule has 0 aliphatic rings. The zero-order valence-corrected chi connectivity index (χ0v) is 15.2. The van der Waals surface area contributed by atoms with E-state index in [2.05, 4.69) is 9.82 Å². The van der Waals surface area contributed by atoms with Gasteiger partial charge in [0.1, 0.15) is 5.82 Å². The molecule has 3 rings (SSSR count). The molecule has 0 amide bonds. The second-order valence-electron chi connectivity index (χ2n) is 5.93. The molecule has 0 saturated heterocycles. The number of rotatable bonds is 7. The highest BCUT2D eigenvalue weighted by Gasteiger charge is 2.11. The molecule has 8 heteroatoms. The number of nitrogens with one attached hydrogen (secondary N) is 1. The quantitative estimate of drug-likeness (QED) is 0.674. The number of benzene rings is 2. The molecule has 1 N–H and O–H groups in total. The van der Waals surface area contributed by atoms with Crippen LogP contribution in [0.2, 0.25) is 0 Å². The van der Waals surface area contributed by atoms with Crippen molar-refractivity contribution in [1.29, 1.82) is 0 Å². The highest BCUT2D eigenvalue weighted by atomic mass is 32.2. The fourth-order valence-electron chi connectivity index (χ4n) is 2.54. The molecule has 0 fully saturated rings. The minimum atomic E-state index is -3.52. The minimum Gasteiger partial charge on any atom is -0.268 e. The third-order valence-corrected chi connectivity index (χ3v) is 5.21. The molecule has 27 heavy (non-hydrogen) atoms. The van der Waals surface area contributed by atoms with Gasteiger partial charge in [-0.3, -0.25) is 4.79 Å². The molecule has 0 saturated carbocycles. The summed E-state index contributed by atoms with van der Waals surface area (Å²) >= 11 is 0. The number of hydrogen-bond donors (Lipinski definition) is 1. The maximum atomic E-state index is 13.0. The summed E-state index contributed by atoms with van der Waals surface area (Å²) in [6.45, 7) is 0.122. The normalized spacial score (nSPS) is 11.4. The Hall–Kier alpha value is -2.84. The van der Waals surface area contributed by atoms with Crippen LogP contribution in [0, 0.1) is 5.82 Å². The van der Waals surface area contributed by atoms with Crippen LogP contribution in [-0.4, -0.2) is 24.7 Å². The molecular weight excluding hydrogens is 369 g/mol. The average Bonchev–Trinajstić information content (AvgIpc) is 2.64. The van der Waals surface area contributed by atoms with E-state index >= 15 is 0 Å². The summed E-state index contributed by atoms with van der Waals surface area (Å²) in [4.78, 5) is 12.0. The van der Waals surface area contributed by atoms with Crippen molar-refractivity contribution >= 4 is 10.0 Å². The van der Waals surface area contributed by atoms with Crippen LogP contribution in [0.4, 0.5) is 4.39 Å². The molecule has 140 valence electrons. The lowest BCUT2D eigenvalue weighted by Crippen LogP contribution is -2.32. The Morgan fingerprint density at radius 3 is 2.37 bits per heavy atom. The van der Waals surface area contributed by atoms with Crippen molar-refractivity contribution < 1.29 is 12.8 Å². The van der Waals surface area contributed by atoms with Gasteiger partial charge in [-0.25, -0.2) is 22.2 Å². The molecule has 0 radical (unpaired) electrons. The van der Waals surface area contributed by atoms with E-state index in [1.807, 2.05) is 6.07 Å². The van der Waals surface area contributed by atoms with E-state index in [0.717, 1.165) is 0 Å². The highest BCUT2D eigenvalue weighted by Crippen LogP contribution is 2.15. The zero-order valence-electron chi connectivity index (χ0n) is 14.4. The number of nitrogens with zero attached hydrogens (tertiary/aromatic N) is 2. The van der Waals surface area contributed by atoms with Crippen LogP contribution >= 0.6 is 0 Å². The SMILES string of the molecule is O=c1ccc(-c2ccc(F)cc2)nn1CCNS(=O)(=O)Cc1ccccc1.